The number of carbonyl (C=O) groups excluding carboxylic acids is 2. The van der Waals surface area contributed by atoms with Crippen molar-refractivity contribution in [3.05, 3.63) is 0 Å². The molecule has 0 bridgehead atoms. The molecule has 14 heavy (non-hydrogen) atoms. The highest BCUT2D eigenvalue weighted by Crippen LogP contribution is 2.25. The topological polar surface area (TPSA) is 49.4 Å². The maximum atomic E-state index is 11.8. The SMILES string of the molecule is CC(=O)NC(CS)C(=O)N(C)C1CC1. The van der Waals surface area contributed by atoms with Gasteiger partial charge in [-0.2, -0.15) is 12.6 Å². The van der Waals surface area contributed by atoms with Crippen LogP contribution in [-0.2, 0) is 9.59 Å². The molecule has 0 spiro atoms. The minimum absolute atomic E-state index is 0.0438. The van der Waals surface area contributed by atoms with E-state index in [9.17, 15) is 9.59 Å². The molecule has 1 aliphatic carbocycles. The van der Waals surface area contributed by atoms with Crippen LogP contribution in [0.25, 0.3) is 0 Å². The van der Waals surface area contributed by atoms with Crippen LogP contribution in [0.3, 0.4) is 0 Å². The average molecular weight is 216 g/mol. The molecule has 2 amide bonds. The van der Waals surface area contributed by atoms with Gasteiger partial charge in [0.2, 0.25) is 11.8 Å². The van der Waals surface area contributed by atoms with Crippen LogP contribution < -0.4 is 5.32 Å². The molecule has 0 radical (unpaired) electrons. The number of hydrogen-bond donors (Lipinski definition) is 2. The summed E-state index contributed by atoms with van der Waals surface area (Å²) in [7, 11) is 1.78. The molecule has 5 heteroatoms. The van der Waals surface area contributed by atoms with Crippen LogP contribution in [0, 0.1) is 0 Å². The Morgan fingerprint density at radius 2 is 2.14 bits per heavy atom. The standard InChI is InChI=1S/C9H16N2O2S/c1-6(12)10-8(5-14)9(13)11(2)7-3-4-7/h7-8,14H,3-5H2,1-2H3,(H,10,12). The fourth-order valence-corrected chi connectivity index (χ4v) is 1.57. The lowest BCUT2D eigenvalue weighted by Crippen LogP contribution is -2.48. The van der Waals surface area contributed by atoms with Crippen molar-refractivity contribution in [3.63, 3.8) is 0 Å². The number of rotatable bonds is 4. The van der Waals surface area contributed by atoms with E-state index in [2.05, 4.69) is 17.9 Å². The smallest absolute Gasteiger partial charge is 0.245 e. The molecule has 0 aromatic rings. The van der Waals surface area contributed by atoms with Crippen LogP contribution in [0.5, 0.6) is 0 Å². The third-order valence-electron chi connectivity index (χ3n) is 2.30. The number of nitrogens with zero attached hydrogens (tertiary/aromatic N) is 1. The van der Waals surface area contributed by atoms with E-state index in [1.807, 2.05) is 0 Å². The number of thiol groups is 1. The summed E-state index contributed by atoms with van der Waals surface area (Å²) in [5.74, 6) is 0.106. The third-order valence-corrected chi connectivity index (χ3v) is 2.67. The second kappa shape index (κ2) is 4.68. The summed E-state index contributed by atoms with van der Waals surface area (Å²) in [5, 5.41) is 2.59. The lowest BCUT2D eigenvalue weighted by molar-refractivity contribution is -0.134. The molecule has 0 heterocycles. The van der Waals surface area contributed by atoms with Gasteiger partial charge < -0.3 is 10.2 Å². The Morgan fingerprint density at radius 1 is 1.57 bits per heavy atom. The Balaban J connectivity index is 2.49. The van der Waals surface area contributed by atoms with E-state index in [4.69, 9.17) is 0 Å². The molecule has 80 valence electrons. The maximum absolute atomic E-state index is 11.8. The number of amides is 2. The zero-order valence-corrected chi connectivity index (χ0v) is 9.38. The molecule has 1 atom stereocenters. The van der Waals surface area contributed by atoms with E-state index in [0.717, 1.165) is 12.8 Å². The summed E-state index contributed by atoms with van der Waals surface area (Å²) >= 11 is 4.05. The molecule has 4 nitrogen and oxygen atoms in total. The fraction of sp³-hybridized carbons (Fsp3) is 0.778. The predicted octanol–water partition coefficient (Wildman–Crippen LogP) is 0.0417. The lowest BCUT2D eigenvalue weighted by Gasteiger charge is -2.22. The van der Waals surface area contributed by atoms with E-state index in [-0.39, 0.29) is 11.8 Å². The van der Waals surface area contributed by atoms with Crippen molar-refractivity contribution in [2.24, 2.45) is 0 Å². The molecule has 0 aliphatic heterocycles. The summed E-state index contributed by atoms with van der Waals surface area (Å²) in [6.07, 6.45) is 2.14. The highest BCUT2D eigenvalue weighted by atomic mass is 32.1. The van der Waals surface area contributed by atoms with Crippen molar-refractivity contribution < 1.29 is 9.59 Å². The zero-order chi connectivity index (χ0) is 10.7. The van der Waals surface area contributed by atoms with Crippen molar-refractivity contribution in [1.82, 2.24) is 10.2 Å². The Hall–Kier alpha value is -0.710. The van der Waals surface area contributed by atoms with Crippen molar-refractivity contribution in [1.29, 1.82) is 0 Å². The molecule has 0 aromatic heterocycles. The monoisotopic (exact) mass is 216 g/mol. The minimum Gasteiger partial charge on any atom is -0.344 e. The summed E-state index contributed by atoms with van der Waals surface area (Å²) < 4.78 is 0. The first-order chi connectivity index (χ1) is 6.56. The van der Waals surface area contributed by atoms with Gasteiger partial charge in [0.15, 0.2) is 0 Å². The second-order valence-corrected chi connectivity index (χ2v) is 3.98. The Bertz CT molecular complexity index is 241. The highest BCUT2D eigenvalue weighted by Gasteiger charge is 2.32. The summed E-state index contributed by atoms with van der Waals surface area (Å²) in [4.78, 5) is 24.3. The van der Waals surface area contributed by atoms with Crippen LogP contribution in [0.15, 0.2) is 0 Å². The fourth-order valence-electron chi connectivity index (χ4n) is 1.32. The van der Waals surface area contributed by atoms with Crippen LogP contribution in [0.1, 0.15) is 19.8 Å². The van der Waals surface area contributed by atoms with E-state index >= 15 is 0 Å². The first-order valence-corrected chi connectivity index (χ1v) is 5.34. The van der Waals surface area contributed by atoms with Gasteiger partial charge in [-0.25, -0.2) is 0 Å². The predicted molar refractivity (Wildman–Crippen MR) is 57.2 cm³/mol. The van der Waals surface area contributed by atoms with Crippen molar-refractivity contribution >= 4 is 24.4 Å². The largest absolute Gasteiger partial charge is 0.344 e. The van der Waals surface area contributed by atoms with Gasteiger partial charge in [-0.15, -0.1) is 0 Å². The van der Waals surface area contributed by atoms with Crippen LogP contribution in [-0.4, -0.2) is 41.6 Å². The quantitative estimate of drug-likeness (QED) is 0.652. The highest BCUT2D eigenvalue weighted by molar-refractivity contribution is 7.80. The molecule has 1 rings (SSSR count). The van der Waals surface area contributed by atoms with Crippen LogP contribution in [0.4, 0.5) is 0 Å². The van der Waals surface area contributed by atoms with Gasteiger partial charge >= 0.3 is 0 Å². The van der Waals surface area contributed by atoms with Gasteiger partial charge in [0, 0.05) is 25.8 Å². The van der Waals surface area contributed by atoms with Crippen LogP contribution >= 0.6 is 12.6 Å². The molecule has 0 aromatic carbocycles. The maximum Gasteiger partial charge on any atom is 0.245 e. The number of carbonyl (C=O) groups is 2. The van der Waals surface area contributed by atoms with Gasteiger partial charge in [0.25, 0.3) is 0 Å². The first kappa shape index (κ1) is 11.4. The molecule has 0 saturated heterocycles. The average Bonchev–Trinajstić information content (AvgIpc) is 2.94. The summed E-state index contributed by atoms with van der Waals surface area (Å²) in [6.45, 7) is 1.40. The molecular formula is C9H16N2O2S. The van der Waals surface area contributed by atoms with E-state index in [1.165, 1.54) is 6.92 Å². The summed E-state index contributed by atoms with van der Waals surface area (Å²) in [6, 6.07) is -0.111. The molecular weight excluding hydrogens is 200 g/mol. The van der Waals surface area contributed by atoms with Crippen molar-refractivity contribution in [3.8, 4) is 0 Å². The number of likely N-dealkylation sites (N-methyl/N-ethyl adjacent to an activating group) is 1. The van der Waals surface area contributed by atoms with Gasteiger partial charge in [0.05, 0.1) is 0 Å². The van der Waals surface area contributed by atoms with Gasteiger partial charge in [-0.3, -0.25) is 9.59 Å². The first-order valence-electron chi connectivity index (χ1n) is 4.71. The third kappa shape index (κ3) is 2.90. The van der Waals surface area contributed by atoms with Gasteiger partial charge in [-0.1, -0.05) is 0 Å². The Labute approximate surface area is 89.4 Å². The zero-order valence-electron chi connectivity index (χ0n) is 8.49. The molecule has 1 aliphatic rings. The van der Waals surface area contributed by atoms with Gasteiger partial charge in [-0.05, 0) is 12.8 Å². The number of nitrogens with one attached hydrogen (secondary N) is 1. The van der Waals surface area contributed by atoms with Gasteiger partial charge in [0.1, 0.15) is 6.04 Å². The van der Waals surface area contributed by atoms with Crippen molar-refractivity contribution in [2.45, 2.75) is 31.8 Å². The second-order valence-electron chi connectivity index (χ2n) is 3.62. The lowest BCUT2D eigenvalue weighted by atomic mass is 10.3. The van der Waals surface area contributed by atoms with Crippen LogP contribution in [0.2, 0.25) is 0 Å². The van der Waals surface area contributed by atoms with E-state index in [1.54, 1.807) is 11.9 Å². The molecule has 1 unspecified atom stereocenters. The molecule has 1 N–H and O–H groups in total. The Morgan fingerprint density at radius 3 is 2.50 bits per heavy atom. The van der Waals surface area contributed by atoms with E-state index < -0.39 is 6.04 Å². The molecule has 1 saturated carbocycles. The minimum atomic E-state index is -0.485. The normalized spacial score (nSPS) is 17.4. The van der Waals surface area contributed by atoms with Crippen molar-refractivity contribution in [2.75, 3.05) is 12.8 Å². The Kier molecular flexibility index (Phi) is 3.80. The molecule has 1 fully saturated rings. The van der Waals surface area contributed by atoms with E-state index in [0.29, 0.717) is 11.8 Å². The summed E-state index contributed by atoms with van der Waals surface area (Å²) in [5.41, 5.74) is 0. The number of hydrogen-bond acceptors (Lipinski definition) is 3.